The lowest BCUT2D eigenvalue weighted by molar-refractivity contribution is -0.611. The monoisotopic (exact) mass is 534 g/mol. The molecule has 3 heterocycles. The molecule has 0 spiro atoms. The largest absolute Gasteiger partial charge is 0.496 e. The van der Waals surface area contributed by atoms with Gasteiger partial charge in [-0.1, -0.05) is 4.98 Å². The molecule has 1 aliphatic carbocycles. The van der Waals surface area contributed by atoms with E-state index in [4.69, 9.17) is 19.7 Å². The van der Waals surface area contributed by atoms with Gasteiger partial charge in [-0.2, -0.15) is 25.3 Å². The van der Waals surface area contributed by atoms with Gasteiger partial charge in [0.1, 0.15) is 17.1 Å². The summed E-state index contributed by atoms with van der Waals surface area (Å²) in [6, 6.07) is 8.01. The molecule has 1 aliphatic rings. The number of nitrogens with zero attached hydrogens (tertiary/aromatic N) is 4. The van der Waals surface area contributed by atoms with E-state index in [1.165, 1.54) is 0 Å². The summed E-state index contributed by atoms with van der Waals surface area (Å²) >= 11 is 8.82. The van der Waals surface area contributed by atoms with Gasteiger partial charge in [0.25, 0.3) is 0 Å². The van der Waals surface area contributed by atoms with Crippen molar-refractivity contribution in [3.8, 4) is 11.7 Å². The van der Waals surface area contributed by atoms with Gasteiger partial charge in [0.15, 0.2) is 11.3 Å². The smallest absolute Gasteiger partial charge is 0.402 e. The fraction of sp³-hybridized carbons (Fsp3) is 0.393. The highest BCUT2D eigenvalue weighted by Crippen LogP contribution is 2.47. The van der Waals surface area contributed by atoms with E-state index in [0.29, 0.717) is 29.7 Å². The number of ketones is 1. The molecule has 0 aliphatic heterocycles. The number of pyridine rings is 1. The summed E-state index contributed by atoms with van der Waals surface area (Å²) in [6.45, 7) is 10.0. The summed E-state index contributed by atoms with van der Waals surface area (Å²) in [5, 5.41) is 0. The zero-order valence-electron chi connectivity index (χ0n) is 22.0. The zero-order chi connectivity index (χ0) is 26.7. The quantitative estimate of drug-likeness (QED) is 0.250. The zero-order valence-corrected chi connectivity index (χ0v) is 23.8. The Bertz CT molecular complexity index is 1480. The van der Waals surface area contributed by atoms with Crippen LogP contribution in [-0.4, -0.2) is 32.8 Å². The highest BCUT2D eigenvalue weighted by molar-refractivity contribution is 7.79. The number of imidazole rings is 1. The number of carbonyl (C=O) groups is 1. The molecule has 4 aromatic rings. The minimum Gasteiger partial charge on any atom is -0.496 e. The van der Waals surface area contributed by atoms with Gasteiger partial charge in [-0.15, -0.1) is 0 Å². The second-order valence-corrected chi connectivity index (χ2v) is 11.3. The number of nitrogens with one attached hydrogen (secondary N) is 1. The Balaban J connectivity index is 1.66. The van der Waals surface area contributed by atoms with Crippen molar-refractivity contribution in [1.29, 1.82) is 0 Å². The first-order valence-electron chi connectivity index (χ1n) is 12.3. The Morgan fingerprint density at radius 3 is 2.19 bits per heavy atom. The maximum atomic E-state index is 13.1. The Kier molecular flexibility index (Phi) is 6.35. The first-order valence-corrected chi connectivity index (χ1v) is 13.5. The number of benzene rings is 1. The molecule has 7 nitrogen and oxygen atoms in total. The van der Waals surface area contributed by atoms with Crippen molar-refractivity contribution in [2.75, 3.05) is 7.11 Å². The Morgan fingerprint density at radius 1 is 0.973 bits per heavy atom. The predicted octanol–water partition coefficient (Wildman–Crippen LogP) is 4.53. The molecular weight excluding hydrogens is 502 g/mol. The van der Waals surface area contributed by atoms with Crippen LogP contribution in [0.4, 0.5) is 0 Å². The van der Waals surface area contributed by atoms with Crippen molar-refractivity contribution >= 4 is 42.1 Å². The van der Waals surface area contributed by atoms with Gasteiger partial charge in [-0.05, 0) is 63.9 Å². The van der Waals surface area contributed by atoms with E-state index in [1.54, 1.807) is 7.11 Å². The Morgan fingerprint density at radius 2 is 1.59 bits per heavy atom. The second-order valence-electron chi connectivity index (χ2n) is 10.6. The summed E-state index contributed by atoms with van der Waals surface area (Å²) < 4.78 is 7.66. The molecule has 0 saturated heterocycles. The molecule has 0 amide bonds. The third kappa shape index (κ3) is 4.12. The van der Waals surface area contributed by atoms with Crippen LogP contribution in [0.15, 0.2) is 30.5 Å². The maximum Gasteiger partial charge on any atom is 0.402 e. The number of hydrogen-bond acceptors (Lipinski definition) is 7. The summed E-state index contributed by atoms with van der Waals surface area (Å²) in [7, 11) is 1.67. The van der Waals surface area contributed by atoms with E-state index in [-0.39, 0.29) is 5.78 Å². The number of aromatic amines is 1. The molecule has 0 saturated carbocycles. The van der Waals surface area contributed by atoms with Crippen LogP contribution in [0, 0.1) is 6.92 Å². The number of carbonyl (C=O) groups excluding carboxylic acids is 1. The molecule has 0 radical (unpaired) electrons. The van der Waals surface area contributed by atoms with Crippen LogP contribution in [0.2, 0.25) is 0 Å². The topological polar surface area (TPSA) is 84.6 Å². The SMILES string of the molecule is COc1cc[n+](-c2nc3cc4c(cc3[nH]2)C(C)(C)C(=O)C4(C)C)c(Cc2nc(CS)cc(CS)n2)c1C. The van der Waals surface area contributed by atoms with Crippen LogP contribution in [0.1, 0.15) is 67.3 Å². The molecule has 5 rings (SSSR count). The molecule has 0 fully saturated rings. The average Bonchev–Trinajstić information content (AvgIpc) is 3.35. The fourth-order valence-corrected chi connectivity index (χ4v) is 5.86. The third-order valence-corrected chi connectivity index (χ3v) is 8.18. The van der Waals surface area contributed by atoms with E-state index < -0.39 is 10.8 Å². The van der Waals surface area contributed by atoms with Gasteiger partial charge >= 0.3 is 5.95 Å². The third-order valence-electron chi connectivity index (χ3n) is 7.54. The van der Waals surface area contributed by atoms with Gasteiger partial charge in [0, 0.05) is 34.0 Å². The van der Waals surface area contributed by atoms with Crippen molar-refractivity contribution in [1.82, 2.24) is 19.9 Å². The predicted molar refractivity (Wildman–Crippen MR) is 150 cm³/mol. The summed E-state index contributed by atoms with van der Waals surface area (Å²) in [5.74, 6) is 3.43. The number of rotatable bonds is 6. The van der Waals surface area contributed by atoms with E-state index >= 15 is 0 Å². The standard InChI is InChI=1S/C28H31N5O2S2/c1-15-22(12-24-29-16(13-36)9-17(14-37)30-24)33(8-7-23(15)35-6)26-31-20-10-18-19(11-21(20)32-26)28(4,5)25(34)27(18,2)3/h7-11H,12-14H2,1-6H3,(H2-,31,32,36,37)/p+1. The lowest BCUT2D eigenvalue weighted by Crippen LogP contribution is -2.38. The number of fused-ring (bicyclic) bond motifs is 2. The van der Waals surface area contributed by atoms with Crippen LogP contribution in [-0.2, 0) is 33.6 Å². The normalized spacial score (nSPS) is 15.8. The van der Waals surface area contributed by atoms with Crippen LogP contribution in [0.25, 0.3) is 17.0 Å². The van der Waals surface area contributed by atoms with Crippen molar-refractivity contribution in [3.05, 3.63) is 70.1 Å². The number of aromatic nitrogens is 5. The lowest BCUT2D eigenvalue weighted by atomic mass is 9.80. The number of Topliss-reactive ketones (excluding diaryl/α,β-unsaturated/α-hetero) is 1. The molecule has 3 aromatic heterocycles. The van der Waals surface area contributed by atoms with Crippen molar-refractivity contribution in [2.45, 2.75) is 63.4 Å². The number of H-pyrrole nitrogens is 1. The molecule has 1 aromatic carbocycles. The van der Waals surface area contributed by atoms with Crippen LogP contribution >= 0.6 is 25.3 Å². The van der Waals surface area contributed by atoms with Gasteiger partial charge in [-0.25, -0.2) is 19.5 Å². The molecule has 0 atom stereocenters. The van der Waals surface area contributed by atoms with Crippen LogP contribution in [0.5, 0.6) is 5.75 Å². The minimum absolute atomic E-state index is 0.231. The first kappa shape index (κ1) is 25.7. The summed E-state index contributed by atoms with van der Waals surface area (Å²) in [6.07, 6.45) is 2.43. The molecule has 0 bridgehead atoms. The van der Waals surface area contributed by atoms with Crippen molar-refractivity contribution in [3.63, 3.8) is 0 Å². The van der Waals surface area contributed by atoms with E-state index in [9.17, 15) is 4.79 Å². The van der Waals surface area contributed by atoms with Gasteiger partial charge in [0.05, 0.1) is 36.8 Å². The Hall–Kier alpha value is -2.91. The fourth-order valence-electron chi connectivity index (χ4n) is 5.54. The Labute approximate surface area is 227 Å². The second kappa shape index (κ2) is 9.13. The van der Waals surface area contributed by atoms with Gasteiger partial charge in [-0.3, -0.25) is 4.79 Å². The summed E-state index contributed by atoms with van der Waals surface area (Å²) in [5.41, 5.74) is 6.38. The molecule has 37 heavy (non-hydrogen) atoms. The minimum atomic E-state index is -0.554. The number of methoxy groups -OCH3 is 1. The van der Waals surface area contributed by atoms with Crippen LogP contribution < -0.4 is 9.30 Å². The highest BCUT2D eigenvalue weighted by Gasteiger charge is 2.50. The molecule has 9 heteroatoms. The van der Waals surface area contributed by atoms with Gasteiger partial charge < -0.3 is 4.74 Å². The van der Waals surface area contributed by atoms with Crippen molar-refractivity contribution < 1.29 is 14.1 Å². The molecule has 0 unspecified atom stereocenters. The average molecular weight is 535 g/mol. The summed E-state index contributed by atoms with van der Waals surface area (Å²) in [4.78, 5) is 31.0. The molecular formula is C28H32N5O2S2+. The molecule has 1 N–H and O–H groups in total. The van der Waals surface area contributed by atoms with E-state index in [2.05, 4.69) is 42.4 Å². The van der Waals surface area contributed by atoms with Gasteiger partial charge in [0.2, 0.25) is 0 Å². The highest BCUT2D eigenvalue weighted by atomic mass is 32.1. The van der Waals surface area contributed by atoms with Crippen molar-refractivity contribution in [2.24, 2.45) is 0 Å². The van der Waals surface area contributed by atoms with E-state index in [0.717, 1.165) is 50.6 Å². The lowest BCUT2D eigenvalue weighted by Gasteiger charge is -2.21. The molecule has 192 valence electrons. The number of hydrogen-bond donors (Lipinski definition) is 3. The maximum absolute atomic E-state index is 13.1. The first-order chi connectivity index (χ1) is 17.5. The number of ether oxygens (including phenoxy) is 1. The van der Waals surface area contributed by atoms with E-state index in [1.807, 2.05) is 57.5 Å². The van der Waals surface area contributed by atoms with Crippen LogP contribution in [0.3, 0.4) is 0 Å². The number of thiol groups is 2.